The number of hydrogen-bond donors (Lipinski definition) is 2. The van der Waals surface area contributed by atoms with Gasteiger partial charge in [0.1, 0.15) is 11.9 Å². The quantitative estimate of drug-likeness (QED) is 0.345. The van der Waals surface area contributed by atoms with Gasteiger partial charge < -0.3 is 5.32 Å². The van der Waals surface area contributed by atoms with Crippen molar-refractivity contribution in [1.29, 1.82) is 0 Å². The van der Waals surface area contributed by atoms with E-state index in [-0.39, 0.29) is 17.9 Å². The summed E-state index contributed by atoms with van der Waals surface area (Å²) >= 11 is 0. The van der Waals surface area contributed by atoms with Crippen molar-refractivity contribution in [1.82, 2.24) is 20.2 Å². The molecule has 7 rings (SSSR count). The molecule has 4 saturated carbocycles. The smallest absolute Gasteiger partial charge is 0.263 e. The van der Waals surface area contributed by atoms with Gasteiger partial charge in [0.15, 0.2) is 0 Å². The molecule has 5 aliphatic rings. The van der Waals surface area contributed by atoms with E-state index in [1.165, 1.54) is 43.1 Å². The van der Waals surface area contributed by atoms with E-state index in [2.05, 4.69) is 34.4 Å². The van der Waals surface area contributed by atoms with Gasteiger partial charge >= 0.3 is 0 Å². The molecule has 1 aromatic carbocycles. The van der Waals surface area contributed by atoms with E-state index in [4.69, 9.17) is 0 Å². The molecule has 7 nitrogen and oxygen atoms in total. The number of fused-ring (bicyclic) bond motifs is 1. The summed E-state index contributed by atoms with van der Waals surface area (Å²) < 4.78 is 1.42. The van der Waals surface area contributed by atoms with Gasteiger partial charge in [-0.3, -0.25) is 24.3 Å². The summed E-state index contributed by atoms with van der Waals surface area (Å²) in [5.74, 6) is 9.08. The van der Waals surface area contributed by atoms with Crippen LogP contribution in [0.4, 0.5) is 0 Å². The van der Waals surface area contributed by atoms with Crippen LogP contribution < -0.4 is 16.2 Å². The predicted molar refractivity (Wildman–Crippen MR) is 146 cm³/mol. The van der Waals surface area contributed by atoms with Gasteiger partial charge in [0.05, 0.1) is 10.9 Å². The van der Waals surface area contributed by atoms with Crippen LogP contribution in [-0.4, -0.2) is 34.0 Å². The first-order chi connectivity index (χ1) is 18.3. The Morgan fingerprint density at radius 1 is 1.13 bits per heavy atom. The maximum Gasteiger partial charge on any atom is 0.263 e. The number of nitrogens with one attached hydrogen (secondary N) is 2. The second-order valence-electron chi connectivity index (χ2n) is 12.4. The molecule has 0 spiro atoms. The first-order valence-electron chi connectivity index (χ1n) is 14.4. The number of piperidine rings is 1. The molecule has 1 aliphatic heterocycles. The number of amides is 2. The van der Waals surface area contributed by atoms with Crippen molar-refractivity contribution in [2.75, 3.05) is 6.54 Å². The SMILES string of the molecule is Cc1nc2cccc(C#CCCCNC(C)C34CC5CC(CC(C5)C3)C4)c2c(=O)n1C1CCC(=O)NC1=O. The Hall–Kier alpha value is -2.98. The number of nitrogens with zero attached hydrogens (tertiary/aromatic N) is 2. The van der Waals surface area contributed by atoms with Gasteiger partial charge in [-0.05, 0) is 107 Å². The Balaban J connectivity index is 1.12. The molecule has 1 aromatic heterocycles. The molecule has 4 bridgehead atoms. The number of imide groups is 1. The lowest BCUT2D eigenvalue weighted by Crippen LogP contribution is -2.54. The molecule has 2 aromatic rings. The maximum atomic E-state index is 13.5. The molecule has 38 heavy (non-hydrogen) atoms. The van der Waals surface area contributed by atoms with Crippen molar-refractivity contribution >= 4 is 22.7 Å². The van der Waals surface area contributed by atoms with Crippen LogP contribution >= 0.6 is 0 Å². The fraction of sp³-hybridized carbons (Fsp3) is 0.613. The van der Waals surface area contributed by atoms with Crippen LogP contribution in [0.15, 0.2) is 23.0 Å². The number of carbonyl (C=O) groups excluding carboxylic acids is 2. The molecule has 200 valence electrons. The summed E-state index contributed by atoms with van der Waals surface area (Å²) in [6.45, 7) is 5.08. The largest absolute Gasteiger partial charge is 0.314 e. The van der Waals surface area contributed by atoms with Gasteiger partial charge in [-0.15, -0.1) is 0 Å². The third-order valence-electron chi connectivity index (χ3n) is 9.78. The molecule has 2 atom stereocenters. The molecular formula is C31H38N4O3. The van der Waals surface area contributed by atoms with Crippen LogP contribution in [0.3, 0.4) is 0 Å². The van der Waals surface area contributed by atoms with Crippen LogP contribution in [0.5, 0.6) is 0 Å². The number of hydrogen-bond acceptors (Lipinski definition) is 5. The van der Waals surface area contributed by atoms with E-state index in [0.717, 1.165) is 37.1 Å². The van der Waals surface area contributed by atoms with Crippen LogP contribution in [0.25, 0.3) is 10.9 Å². The Morgan fingerprint density at radius 2 is 1.84 bits per heavy atom. The van der Waals surface area contributed by atoms with E-state index >= 15 is 0 Å². The lowest BCUT2D eigenvalue weighted by Gasteiger charge is -2.59. The predicted octanol–water partition coefficient (Wildman–Crippen LogP) is 4.01. The number of carbonyl (C=O) groups is 2. The second-order valence-corrected chi connectivity index (χ2v) is 12.4. The zero-order valence-electron chi connectivity index (χ0n) is 22.5. The third-order valence-corrected chi connectivity index (χ3v) is 9.78. The van der Waals surface area contributed by atoms with Crippen molar-refractivity contribution in [3.8, 4) is 11.8 Å². The van der Waals surface area contributed by atoms with E-state index in [9.17, 15) is 14.4 Å². The minimum absolute atomic E-state index is 0.206. The van der Waals surface area contributed by atoms with Gasteiger partial charge in [0, 0.05) is 24.4 Å². The van der Waals surface area contributed by atoms with Crippen molar-refractivity contribution in [2.45, 2.75) is 90.1 Å². The van der Waals surface area contributed by atoms with Gasteiger partial charge in [0.25, 0.3) is 5.56 Å². The number of unbranched alkanes of at least 4 members (excludes halogenated alkanes) is 1. The Morgan fingerprint density at radius 3 is 2.53 bits per heavy atom. The Bertz CT molecular complexity index is 1360. The number of rotatable bonds is 6. The highest BCUT2D eigenvalue weighted by Crippen LogP contribution is 2.61. The van der Waals surface area contributed by atoms with E-state index in [0.29, 0.717) is 40.2 Å². The molecule has 2 unspecified atom stereocenters. The van der Waals surface area contributed by atoms with Gasteiger partial charge in [0.2, 0.25) is 11.8 Å². The molecule has 7 heteroatoms. The molecule has 2 N–H and O–H groups in total. The lowest BCUT2D eigenvalue weighted by molar-refractivity contribution is -0.135. The van der Waals surface area contributed by atoms with E-state index < -0.39 is 11.9 Å². The second kappa shape index (κ2) is 9.96. The average molecular weight is 515 g/mol. The molecule has 5 fully saturated rings. The molecular weight excluding hydrogens is 476 g/mol. The summed E-state index contributed by atoms with van der Waals surface area (Å²) in [5, 5.41) is 6.62. The minimum Gasteiger partial charge on any atom is -0.314 e. The summed E-state index contributed by atoms with van der Waals surface area (Å²) in [6.07, 6.45) is 10.9. The highest BCUT2D eigenvalue weighted by atomic mass is 16.2. The molecule has 0 radical (unpaired) electrons. The van der Waals surface area contributed by atoms with Crippen molar-refractivity contribution in [3.63, 3.8) is 0 Å². The zero-order chi connectivity index (χ0) is 26.4. The molecule has 2 heterocycles. The van der Waals surface area contributed by atoms with E-state index in [1.54, 1.807) is 13.0 Å². The molecule has 1 saturated heterocycles. The van der Waals surface area contributed by atoms with Crippen molar-refractivity contribution in [2.24, 2.45) is 23.2 Å². The highest BCUT2D eigenvalue weighted by molar-refractivity contribution is 5.99. The summed E-state index contributed by atoms with van der Waals surface area (Å²) in [6, 6.07) is 5.33. The fourth-order valence-corrected chi connectivity index (χ4v) is 8.33. The number of aryl methyl sites for hydroxylation is 1. The van der Waals surface area contributed by atoms with Gasteiger partial charge in [-0.2, -0.15) is 0 Å². The molecule has 4 aliphatic carbocycles. The summed E-state index contributed by atoms with van der Waals surface area (Å²) in [5.41, 5.74) is 1.44. The van der Waals surface area contributed by atoms with Gasteiger partial charge in [-0.25, -0.2) is 4.98 Å². The summed E-state index contributed by atoms with van der Waals surface area (Å²) in [7, 11) is 0. The van der Waals surface area contributed by atoms with Crippen LogP contribution in [0.1, 0.15) is 88.6 Å². The van der Waals surface area contributed by atoms with Gasteiger partial charge in [-0.1, -0.05) is 17.9 Å². The first-order valence-corrected chi connectivity index (χ1v) is 14.4. The summed E-state index contributed by atoms with van der Waals surface area (Å²) in [4.78, 5) is 42.2. The first kappa shape index (κ1) is 25.3. The third kappa shape index (κ3) is 4.58. The van der Waals surface area contributed by atoms with Crippen molar-refractivity contribution < 1.29 is 9.59 Å². The normalized spacial score (nSPS) is 30.7. The highest BCUT2D eigenvalue weighted by Gasteiger charge is 2.52. The standard InChI is InChI=1S/C31H38N4O3/c1-19(31-16-21-13-22(17-31)15-23(14-21)18-31)32-12-5-3-4-7-24-8-6-9-25-28(24)30(38)35(20(2)33-25)26-10-11-27(36)34-29(26)37/h6,8-9,19,21-23,26,32H,3,5,10-18H2,1-2H3,(H,34,36,37). The fourth-order valence-electron chi connectivity index (χ4n) is 8.33. The number of benzene rings is 1. The zero-order valence-corrected chi connectivity index (χ0v) is 22.5. The van der Waals surface area contributed by atoms with Crippen LogP contribution in [-0.2, 0) is 9.59 Å². The monoisotopic (exact) mass is 514 g/mol. The van der Waals surface area contributed by atoms with Crippen LogP contribution in [0, 0.1) is 41.9 Å². The average Bonchev–Trinajstić information content (AvgIpc) is 2.86. The minimum atomic E-state index is -0.736. The maximum absolute atomic E-state index is 13.5. The molecule has 2 amide bonds. The Labute approximate surface area is 224 Å². The van der Waals surface area contributed by atoms with Crippen LogP contribution in [0.2, 0.25) is 0 Å². The topological polar surface area (TPSA) is 93.1 Å². The Kier molecular flexibility index (Phi) is 6.63. The van der Waals surface area contributed by atoms with Crippen molar-refractivity contribution in [3.05, 3.63) is 39.9 Å². The van der Waals surface area contributed by atoms with E-state index in [1.807, 2.05) is 12.1 Å². The number of aromatic nitrogens is 2. The lowest BCUT2D eigenvalue weighted by atomic mass is 9.48.